The molecule has 2 atom stereocenters. The average molecular weight is 376 g/mol. The van der Waals surface area contributed by atoms with Gasteiger partial charge in [0.25, 0.3) is 0 Å². The van der Waals surface area contributed by atoms with Crippen molar-refractivity contribution in [3.05, 3.63) is 17.7 Å². The molecule has 27 heavy (non-hydrogen) atoms. The van der Waals surface area contributed by atoms with Gasteiger partial charge in [-0.25, -0.2) is 4.98 Å². The molecule has 0 aliphatic heterocycles. The third kappa shape index (κ3) is 4.61. The number of rotatable bonds is 8. The van der Waals surface area contributed by atoms with Gasteiger partial charge in [0.05, 0.1) is 6.54 Å². The maximum Gasteiger partial charge on any atom is 0.229 e. The number of amides is 1. The first-order valence-corrected chi connectivity index (χ1v) is 10.6. The number of hydrogen-bond donors (Lipinski definition) is 0. The van der Waals surface area contributed by atoms with Crippen LogP contribution in [0.1, 0.15) is 89.5 Å². The Kier molecular flexibility index (Phi) is 7.24. The molecule has 0 spiro atoms. The van der Waals surface area contributed by atoms with Gasteiger partial charge in [0.1, 0.15) is 11.5 Å². The van der Waals surface area contributed by atoms with E-state index in [9.17, 15) is 9.59 Å². The van der Waals surface area contributed by atoms with Gasteiger partial charge in [-0.2, -0.15) is 0 Å². The minimum atomic E-state index is -0.246. The van der Waals surface area contributed by atoms with Gasteiger partial charge in [0.15, 0.2) is 5.78 Å². The van der Waals surface area contributed by atoms with E-state index in [4.69, 9.17) is 0 Å². The molecule has 5 heteroatoms. The Morgan fingerprint density at radius 3 is 2.19 bits per heavy atom. The summed E-state index contributed by atoms with van der Waals surface area (Å²) in [6.45, 7) is 11.4. The number of Topliss-reactive ketones (excluding diaryl/α,β-unsaturated/α-hetero) is 1. The summed E-state index contributed by atoms with van der Waals surface area (Å²) in [4.78, 5) is 31.7. The van der Waals surface area contributed by atoms with Crippen molar-refractivity contribution in [2.24, 2.45) is 24.3 Å². The molecule has 1 aliphatic carbocycles. The third-order valence-electron chi connectivity index (χ3n) is 6.65. The molecule has 0 N–H and O–H groups in total. The molecule has 0 bridgehead atoms. The highest BCUT2D eigenvalue weighted by Crippen LogP contribution is 2.48. The standard InChI is InChI=1S/C22H37N3O2/c1-7-17-11-18(8-2)13-22(9-3,12-17)21(27)25(10-4)15-20-23-19(16(5)26)14-24(20)6/h14,17-18H,7-13,15H2,1-6H3. The number of carbonyl (C=O) groups is 2. The highest BCUT2D eigenvalue weighted by molar-refractivity contribution is 5.92. The number of ketones is 1. The van der Waals surface area contributed by atoms with E-state index in [1.165, 1.54) is 13.3 Å². The summed E-state index contributed by atoms with van der Waals surface area (Å²) in [5.74, 6) is 2.29. The highest BCUT2D eigenvalue weighted by Gasteiger charge is 2.45. The van der Waals surface area contributed by atoms with Crippen LogP contribution >= 0.6 is 0 Å². The number of hydrogen-bond acceptors (Lipinski definition) is 3. The quantitative estimate of drug-likeness (QED) is 0.624. The Balaban J connectivity index is 2.26. The van der Waals surface area contributed by atoms with Crippen molar-refractivity contribution in [3.8, 4) is 0 Å². The van der Waals surface area contributed by atoms with Gasteiger partial charge in [-0.15, -0.1) is 0 Å². The summed E-state index contributed by atoms with van der Waals surface area (Å²) in [7, 11) is 1.89. The predicted octanol–water partition coefficient (Wildman–Crippen LogP) is 4.60. The summed E-state index contributed by atoms with van der Waals surface area (Å²) in [5.41, 5.74) is 0.223. The fraction of sp³-hybridized carbons (Fsp3) is 0.773. The highest BCUT2D eigenvalue weighted by atomic mass is 16.2. The van der Waals surface area contributed by atoms with Crippen LogP contribution in [0.2, 0.25) is 0 Å². The largest absolute Gasteiger partial charge is 0.336 e. The van der Waals surface area contributed by atoms with Gasteiger partial charge in [-0.1, -0.05) is 33.6 Å². The second kappa shape index (κ2) is 9.03. The smallest absolute Gasteiger partial charge is 0.229 e. The Morgan fingerprint density at radius 2 is 1.78 bits per heavy atom. The SMILES string of the molecule is CCC1CC(CC)CC(CC)(C(=O)N(CC)Cc2nc(C(C)=O)cn2C)C1. The maximum atomic E-state index is 13.7. The number of aryl methyl sites for hydroxylation is 1. The molecule has 0 saturated heterocycles. The molecule has 1 aromatic heterocycles. The second-order valence-electron chi connectivity index (χ2n) is 8.36. The Morgan fingerprint density at radius 1 is 1.19 bits per heavy atom. The first kappa shape index (κ1) is 21.6. The van der Waals surface area contributed by atoms with E-state index in [1.807, 2.05) is 23.4 Å². The monoisotopic (exact) mass is 375 g/mol. The van der Waals surface area contributed by atoms with Crippen molar-refractivity contribution in [1.82, 2.24) is 14.5 Å². The minimum absolute atomic E-state index is 0.0416. The molecule has 0 aromatic carbocycles. The lowest BCUT2D eigenvalue weighted by atomic mass is 9.62. The zero-order valence-electron chi connectivity index (χ0n) is 18.0. The number of carbonyl (C=O) groups excluding carboxylic acids is 2. The van der Waals surface area contributed by atoms with E-state index in [0.29, 0.717) is 30.6 Å². The molecule has 1 heterocycles. The third-order valence-corrected chi connectivity index (χ3v) is 6.65. The van der Waals surface area contributed by atoms with Gasteiger partial charge in [0.2, 0.25) is 5.91 Å². The molecule has 0 radical (unpaired) electrons. The molecule has 1 fully saturated rings. The van der Waals surface area contributed by atoms with Crippen molar-refractivity contribution in [2.75, 3.05) is 6.54 Å². The lowest BCUT2D eigenvalue weighted by Crippen LogP contribution is -2.47. The molecular weight excluding hydrogens is 338 g/mol. The summed E-state index contributed by atoms with van der Waals surface area (Å²) in [6, 6.07) is 0. The molecule has 1 amide bonds. The number of nitrogens with zero attached hydrogens (tertiary/aromatic N) is 3. The summed E-state index contributed by atoms with van der Waals surface area (Å²) >= 11 is 0. The Bertz CT molecular complexity index is 653. The molecule has 152 valence electrons. The number of imidazole rings is 1. The normalized spacial score (nSPS) is 25.4. The van der Waals surface area contributed by atoms with E-state index in [2.05, 4.69) is 25.8 Å². The van der Waals surface area contributed by atoms with Crippen LogP contribution in [0.25, 0.3) is 0 Å². The fourth-order valence-electron chi connectivity index (χ4n) is 4.72. The van der Waals surface area contributed by atoms with E-state index in [0.717, 1.165) is 37.9 Å². The second-order valence-corrected chi connectivity index (χ2v) is 8.36. The van der Waals surface area contributed by atoms with Gasteiger partial charge < -0.3 is 9.47 Å². The van der Waals surface area contributed by atoms with Crippen molar-refractivity contribution in [3.63, 3.8) is 0 Å². The topological polar surface area (TPSA) is 55.2 Å². The molecule has 1 saturated carbocycles. The molecule has 5 nitrogen and oxygen atoms in total. The van der Waals surface area contributed by atoms with Crippen LogP contribution < -0.4 is 0 Å². The van der Waals surface area contributed by atoms with E-state index in [1.54, 1.807) is 6.20 Å². The average Bonchev–Trinajstić information content (AvgIpc) is 3.05. The summed E-state index contributed by atoms with van der Waals surface area (Å²) in [6.07, 6.45) is 8.23. The van der Waals surface area contributed by atoms with Crippen LogP contribution in [-0.4, -0.2) is 32.7 Å². The number of aromatic nitrogens is 2. The van der Waals surface area contributed by atoms with Crippen molar-refractivity contribution in [2.45, 2.75) is 79.7 Å². The summed E-state index contributed by atoms with van der Waals surface area (Å²) in [5, 5.41) is 0. The minimum Gasteiger partial charge on any atom is -0.336 e. The molecule has 2 rings (SSSR count). The maximum absolute atomic E-state index is 13.7. The van der Waals surface area contributed by atoms with Crippen LogP contribution in [0, 0.1) is 17.3 Å². The van der Waals surface area contributed by atoms with Crippen molar-refractivity contribution < 1.29 is 9.59 Å². The predicted molar refractivity (Wildman–Crippen MR) is 108 cm³/mol. The van der Waals surface area contributed by atoms with Gasteiger partial charge in [-0.05, 0) is 44.4 Å². The van der Waals surface area contributed by atoms with E-state index in [-0.39, 0.29) is 17.1 Å². The van der Waals surface area contributed by atoms with Gasteiger partial charge in [0, 0.05) is 32.1 Å². The van der Waals surface area contributed by atoms with E-state index < -0.39 is 0 Å². The van der Waals surface area contributed by atoms with E-state index >= 15 is 0 Å². The molecule has 2 unspecified atom stereocenters. The lowest BCUT2D eigenvalue weighted by molar-refractivity contribution is -0.147. The van der Waals surface area contributed by atoms with Crippen molar-refractivity contribution >= 4 is 11.7 Å². The molecule has 1 aromatic rings. The zero-order valence-corrected chi connectivity index (χ0v) is 18.0. The molecule has 1 aliphatic rings. The fourth-order valence-corrected chi connectivity index (χ4v) is 4.72. The van der Waals surface area contributed by atoms with Crippen LogP contribution in [0.4, 0.5) is 0 Å². The van der Waals surface area contributed by atoms with Crippen LogP contribution in [0.3, 0.4) is 0 Å². The first-order chi connectivity index (χ1) is 12.8. The van der Waals surface area contributed by atoms with Crippen molar-refractivity contribution in [1.29, 1.82) is 0 Å². The van der Waals surface area contributed by atoms with Crippen LogP contribution in [0.5, 0.6) is 0 Å². The zero-order chi connectivity index (χ0) is 20.2. The molecular formula is C22H37N3O2. The lowest BCUT2D eigenvalue weighted by Gasteiger charge is -2.45. The first-order valence-electron chi connectivity index (χ1n) is 10.6. The van der Waals surface area contributed by atoms with Gasteiger partial charge >= 0.3 is 0 Å². The van der Waals surface area contributed by atoms with Crippen LogP contribution in [0.15, 0.2) is 6.20 Å². The Hall–Kier alpha value is -1.65. The van der Waals surface area contributed by atoms with Crippen LogP contribution in [-0.2, 0) is 18.4 Å². The Labute approximate surface area is 164 Å². The summed E-state index contributed by atoms with van der Waals surface area (Å²) < 4.78 is 1.87. The van der Waals surface area contributed by atoms with Gasteiger partial charge in [-0.3, -0.25) is 9.59 Å².